The van der Waals surface area contributed by atoms with Crippen LogP contribution in [0, 0.1) is 0 Å². The van der Waals surface area contributed by atoms with E-state index in [1.807, 2.05) is 21.1 Å². The van der Waals surface area contributed by atoms with Crippen LogP contribution in [0.1, 0.15) is 373 Å². The lowest BCUT2D eigenvalue weighted by Crippen LogP contribution is -2.40. The maximum absolute atomic E-state index is 13.0. The molecule has 0 saturated carbocycles. The topological polar surface area (TPSA) is 108 Å². The average molecular weight is 1170 g/mol. The Morgan fingerprint density at radius 2 is 0.651 bits per heavy atom. The highest BCUT2D eigenvalue weighted by molar-refractivity contribution is 5.71. The minimum Gasteiger partial charge on any atom is -0.477 e. The van der Waals surface area contributed by atoms with Crippen molar-refractivity contribution < 1.29 is 42.9 Å². The molecule has 0 saturated heterocycles. The fourth-order valence-electron chi connectivity index (χ4n) is 11.1. The number of hydrogen-bond donors (Lipinski definition) is 1. The maximum atomic E-state index is 13.0. The number of esters is 2. The Labute approximate surface area is 516 Å². The summed E-state index contributed by atoms with van der Waals surface area (Å²) in [6, 6.07) is 0. The Bertz CT molecular complexity index is 1410. The van der Waals surface area contributed by atoms with Crippen LogP contribution in [-0.2, 0) is 33.3 Å². The van der Waals surface area contributed by atoms with Crippen LogP contribution in [0.4, 0.5) is 0 Å². The van der Waals surface area contributed by atoms with Crippen molar-refractivity contribution in [2.45, 2.75) is 386 Å². The summed E-state index contributed by atoms with van der Waals surface area (Å²) in [4.78, 5) is 37.6. The van der Waals surface area contributed by atoms with E-state index < -0.39 is 18.4 Å². The van der Waals surface area contributed by atoms with Gasteiger partial charge in [-0.05, 0) is 44.9 Å². The van der Waals surface area contributed by atoms with Gasteiger partial charge in [-0.2, -0.15) is 0 Å². The first-order valence-corrected chi connectivity index (χ1v) is 36.5. The molecule has 0 spiro atoms. The molecule has 1 N–H and O–H groups in total. The number of nitrogens with zero attached hydrogens (tertiary/aromatic N) is 1. The number of carbonyl (C=O) groups is 3. The summed E-state index contributed by atoms with van der Waals surface area (Å²) in [5.74, 6) is -1.97. The van der Waals surface area contributed by atoms with Gasteiger partial charge in [0, 0.05) is 12.8 Å². The van der Waals surface area contributed by atoms with Crippen molar-refractivity contribution in [1.82, 2.24) is 0 Å². The van der Waals surface area contributed by atoms with Crippen molar-refractivity contribution in [3.8, 4) is 0 Å². The number of carboxylic acid groups (broad SMARTS) is 1. The van der Waals surface area contributed by atoms with Crippen LogP contribution in [0.3, 0.4) is 0 Å². The largest absolute Gasteiger partial charge is 0.477 e. The zero-order valence-electron chi connectivity index (χ0n) is 56.1. The van der Waals surface area contributed by atoms with Crippen LogP contribution < -0.4 is 0 Å². The van der Waals surface area contributed by atoms with Gasteiger partial charge >= 0.3 is 17.9 Å². The molecule has 0 aliphatic rings. The molecular formula is C74H142NO8+. The molecule has 2 atom stereocenters. The Balaban J connectivity index is 4.02. The predicted octanol–water partition coefficient (Wildman–Crippen LogP) is 22.6. The number of carbonyl (C=O) groups excluding carboxylic acids is 2. The summed E-state index contributed by atoms with van der Waals surface area (Å²) in [6.07, 6.45) is 78.8. The fraction of sp³-hybridized carbons (Fsp3) is 0.905. The van der Waals surface area contributed by atoms with Gasteiger partial charge in [0.05, 0.1) is 34.4 Å². The van der Waals surface area contributed by atoms with Crippen molar-refractivity contribution in [1.29, 1.82) is 0 Å². The van der Waals surface area contributed by atoms with Gasteiger partial charge in [0.1, 0.15) is 13.2 Å². The van der Waals surface area contributed by atoms with Crippen LogP contribution in [-0.4, -0.2) is 87.4 Å². The first-order chi connectivity index (χ1) is 40.6. The molecule has 0 aliphatic heterocycles. The number of ether oxygens (including phenoxy) is 4. The van der Waals surface area contributed by atoms with Crippen LogP contribution in [0.25, 0.3) is 0 Å². The highest BCUT2D eigenvalue weighted by atomic mass is 16.7. The Morgan fingerprint density at radius 1 is 0.361 bits per heavy atom. The lowest BCUT2D eigenvalue weighted by molar-refractivity contribution is -0.870. The van der Waals surface area contributed by atoms with Crippen molar-refractivity contribution >= 4 is 17.9 Å². The number of allylic oxidation sites excluding steroid dienone is 4. The molecule has 0 amide bonds. The zero-order chi connectivity index (χ0) is 60.5. The Kier molecular flexibility index (Phi) is 64.0. The lowest BCUT2D eigenvalue weighted by Gasteiger charge is -2.25. The third kappa shape index (κ3) is 67.1. The lowest BCUT2D eigenvalue weighted by atomic mass is 10.0. The third-order valence-corrected chi connectivity index (χ3v) is 16.7. The Morgan fingerprint density at radius 3 is 0.952 bits per heavy atom. The molecule has 0 aliphatic carbocycles. The van der Waals surface area contributed by atoms with E-state index in [4.69, 9.17) is 18.9 Å². The van der Waals surface area contributed by atoms with Gasteiger partial charge in [0.15, 0.2) is 6.10 Å². The molecule has 0 bridgehead atoms. The monoisotopic (exact) mass is 1170 g/mol. The van der Waals surface area contributed by atoms with E-state index in [9.17, 15) is 19.5 Å². The van der Waals surface area contributed by atoms with Crippen molar-refractivity contribution in [2.24, 2.45) is 0 Å². The van der Waals surface area contributed by atoms with E-state index >= 15 is 0 Å². The summed E-state index contributed by atoms with van der Waals surface area (Å²) >= 11 is 0. The molecular weight excluding hydrogens is 1030 g/mol. The molecule has 2 unspecified atom stereocenters. The summed E-state index contributed by atoms with van der Waals surface area (Å²) in [7, 11) is 5.99. The van der Waals surface area contributed by atoms with Gasteiger partial charge in [0.25, 0.3) is 6.29 Å². The molecule has 0 radical (unpaired) electrons. The maximum Gasteiger partial charge on any atom is 0.361 e. The van der Waals surface area contributed by atoms with Crippen LogP contribution in [0.15, 0.2) is 24.3 Å². The van der Waals surface area contributed by atoms with E-state index in [0.29, 0.717) is 17.4 Å². The molecule has 0 aromatic rings. The van der Waals surface area contributed by atoms with Gasteiger partial charge in [0.2, 0.25) is 0 Å². The molecule has 9 nitrogen and oxygen atoms in total. The fourth-order valence-corrected chi connectivity index (χ4v) is 11.1. The number of quaternary nitrogens is 1. The zero-order valence-corrected chi connectivity index (χ0v) is 56.1. The second-order valence-electron chi connectivity index (χ2n) is 26.3. The van der Waals surface area contributed by atoms with Gasteiger partial charge in [-0.25, -0.2) is 4.79 Å². The van der Waals surface area contributed by atoms with Crippen LogP contribution >= 0.6 is 0 Å². The van der Waals surface area contributed by atoms with Crippen molar-refractivity contribution in [3.63, 3.8) is 0 Å². The van der Waals surface area contributed by atoms with E-state index in [2.05, 4.69) is 38.2 Å². The molecule has 83 heavy (non-hydrogen) atoms. The van der Waals surface area contributed by atoms with Gasteiger partial charge in [-0.3, -0.25) is 9.59 Å². The number of likely N-dealkylation sites (N-methyl/N-ethyl adjacent to an activating group) is 1. The van der Waals surface area contributed by atoms with E-state index in [0.717, 1.165) is 44.9 Å². The second kappa shape index (κ2) is 65.7. The van der Waals surface area contributed by atoms with Crippen LogP contribution in [0.5, 0.6) is 0 Å². The smallest absolute Gasteiger partial charge is 0.361 e. The summed E-state index contributed by atoms with van der Waals surface area (Å²) in [5.41, 5.74) is 0. The predicted molar refractivity (Wildman–Crippen MR) is 355 cm³/mol. The normalized spacial score (nSPS) is 12.7. The average Bonchev–Trinajstić information content (AvgIpc) is 3.46. The first-order valence-electron chi connectivity index (χ1n) is 36.5. The number of unbranched alkanes of at least 4 members (excludes halogenated alkanes) is 50. The van der Waals surface area contributed by atoms with Crippen LogP contribution in [0.2, 0.25) is 0 Å². The van der Waals surface area contributed by atoms with Crippen molar-refractivity contribution in [3.05, 3.63) is 24.3 Å². The first kappa shape index (κ1) is 80.8. The molecule has 0 fully saturated rings. The highest BCUT2D eigenvalue weighted by Gasteiger charge is 2.25. The number of carboxylic acids is 1. The molecule has 0 heterocycles. The quantitative estimate of drug-likeness (QED) is 0.0211. The SMILES string of the molecule is CCCCCCC/C=C\C/C=C\CCCCCCCCCCCCCCCCCCCCCCCC(=O)OC(COC(=O)CCCCCCCCCCCCCCCCCCCCCCCCCCC)COC(OCC[N+](C)(C)C)C(=O)O. The molecule has 490 valence electrons. The van der Waals surface area contributed by atoms with E-state index in [1.54, 1.807) is 0 Å². The number of hydrogen-bond acceptors (Lipinski definition) is 7. The number of aliphatic carboxylic acids is 1. The van der Waals surface area contributed by atoms with E-state index in [-0.39, 0.29) is 38.2 Å². The highest BCUT2D eigenvalue weighted by Crippen LogP contribution is 2.19. The summed E-state index contributed by atoms with van der Waals surface area (Å²) in [6.45, 7) is 4.95. The minimum atomic E-state index is -1.51. The van der Waals surface area contributed by atoms with E-state index in [1.165, 1.54) is 302 Å². The summed E-state index contributed by atoms with van der Waals surface area (Å²) < 4.78 is 23.0. The molecule has 0 rings (SSSR count). The Hall–Kier alpha value is -2.23. The third-order valence-electron chi connectivity index (χ3n) is 16.7. The van der Waals surface area contributed by atoms with Gasteiger partial charge in [-0.1, -0.05) is 340 Å². The number of rotatable bonds is 69. The van der Waals surface area contributed by atoms with Gasteiger partial charge in [-0.15, -0.1) is 0 Å². The van der Waals surface area contributed by atoms with Crippen molar-refractivity contribution in [2.75, 3.05) is 47.5 Å². The van der Waals surface area contributed by atoms with Gasteiger partial charge < -0.3 is 28.5 Å². The second-order valence-corrected chi connectivity index (χ2v) is 26.3. The molecule has 0 aromatic carbocycles. The molecule has 9 heteroatoms. The summed E-state index contributed by atoms with van der Waals surface area (Å²) in [5, 5.41) is 9.75. The standard InChI is InChI=1S/C74H141NO8/c1-6-8-10-12-14-16-18-20-22-24-26-28-30-32-33-34-35-36-37-38-39-41-43-45-47-49-51-53-55-57-59-61-63-65-72(77)83-70(69-82-74(73(78)79)80-67-66-75(3,4)5)68-81-71(76)64-62-60-58-56-54-52-50-48-46-44-42-40-31-29-27-25-23-21-19-17-15-13-11-9-7-2/h18,20,24,26,70,74H,6-17,19,21-23,25,27-69H2,1-5H3/p+1/b20-18-,26-24-. The minimum absolute atomic E-state index is 0.174. The molecule has 0 aromatic heterocycles.